The quantitative estimate of drug-likeness (QED) is 0.376. The van der Waals surface area contributed by atoms with Gasteiger partial charge in [-0.05, 0) is 28.0 Å². The molecule has 0 aliphatic rings. The Hall–Kier alpha value is -1.87. The number of aryl methyl sites for hydroxylation is 1. The molecular weight excluding hydrogens is 332 g/mol. The van der Waals surface area contributed by atoms with Crippen LogP contribution < -0.4 is 15.6 Å². The molecule has 0 radical (unpaired) electrons. The minimum absolute atomic E-state index is 0.486. The summed E-state index contributed by atoms with van der Waals surface area (Å²) < 4.78 is 6.62. The van der Waals surface area contributed by atoms with Crippen LogP contribution in [0.4, 0.5) is 0 Å². The molecule has 3 aromatic rings. The Morgan fingerprint density at radius 2 is 1.25 bits per heavy atom. The maximum Gasteiger partial charge on any atom is 0.288 e. The molecule has 3 aromatic carbocycles. The standard InChI is InChI=1S/C21H21ClOSi/c1-18-10-8-9-15-21(18)24(23-17-16-22,19-11-4-2-5-12-19)20-13-6-3-7-14-20/h2-15H,16-17H2,1H3. The molecule has 1 nitrogen and oxygen atoms in total. The Bertz CT molecular complexity index is 735. The highest BCUT2D eigenvalue weighted by molar-refractivity contribution is 7.07. The van der Waals surface area contributed by atoms with E-state index in [0.29, 0.717) is 12.5 Å². The zero-order valence-corrected chi connectivity index (χ0v) is 15.5. The molecule has 24 heavy (non-hydrogen) atoms. The molecule has 3 rings (SSSR count). The molecule has 0 atom stereocenters. The van der Waals surface area contributed by atoms with Crippen molar-refractivity contribution in [3.05, 3.63) is 90.5 Å². The number of benzene rings is 3. The van der Waals surface area contributed by atoms with Crippen LogP contribution in [0.3, 0.4) is 0 Å². The fourth-order valence-electron chi connectivity index (χ4n) is 3.23. The summed E-state index contributed by atoms with van der Waals surface area (Å²) in [4.78, 5) is 0. The van der Waals surface area contributed by atoms with E-state index in [1.807, 2.05) is 12.1 Å². The highest BCUT2D eigenvalue weighted by Gasteiger charge is 2.42. The number of rotatable bonds is 6. The molecule has 0 N–H and O–H groups in total. The third-order valence-corrected chi connectivity index (χ3v) is 8.68. The number of alkyl halides is 1. The lowest BCUT2D eigenvalue weighted by Crippen LogP contribution is -2.70. The van der Waals surface area contributed by atoms with Gasteiger partial charge in [0, 0.05) is 12.5 Å². The Kier molecular flexibility index (Phi) is 5.51. The lowest BCUT2D eigenvalue weighted by atomic mass is 10.2. The summed E-state index contributed by atoms with van der Waals surface area (Å²) in [5.74, 6) is 0.486. The van der Waals surface area contributed by atoms with Gasteiger partial charge in [-0.3, -0.25) is 0 Å². The van der Waals surface area contributed by atoms with Crippen LogP contribution in [-0.4, -0.2) is 20.8 Å². The summed E-state index contributed by atoms with van der Waals surface area (Å²) >= 11 is 6.01. The van der Waals surface area contributed by atoms with Crippen LogP contribution in [0.15, 0.2) is 84.9 Å². The van der Waals surface area contributed by atoms with E-state index in [-0.39, 0.29) is 0 Å². The zero-order valence-electron chi connectivity index (χ0n) is 13.8. The van der Waals surface area contributed by atoms with Crippen molar-refractivity contribution in [2.24, 2.45) is 0 Å². The van der Waals surface area contributed by atoms with Gasteiger partial charge in [0.1, 0.15) is 0 Å². The van der Waals surface area contributed by atoms with E-state index in [0.717, 1.165) is 0 Å². The molecule has 122 valence electrons. The van der Waals surface area contributed by atoms with Crippen LogP contribution in [0, 0.1) is 6.92 Å². The average molecular weight is 353 g/mol. The molecule has 0 bridgehead atoms. The van der Waals surface area contributed by atoms with Gasteiger partial charge in [0.2, 0.25) is 0 Å². The van der Waals surface area contributed by atoms with Gasteiger partial charge in [-0.1, -0.05) is 84.9 Å². The highest BCUT2D eigenvalue weighted by atomic mass is 35.5. The minimum Gasteiger partial charge on any atom is -0.403 e. The topological polar surface area (TPSA) is 9.23 Å². The zero-order chi connectivity index (χ0) is 16.8. The molecule has 0 aliphatic heterocycles. The smallest absolute Gasteiger partial charge is 0.288 e. The van der Waals surface area contributed by atoms with Crippen LogP contribution >= 0.6 is 11.6 Å². The Labute approximate surface area is 150 Å². The van der Waals surface area contributed by atoms with Crippen molar-refractivity contribution < 1.29 is 4.43 Å². The normalized spacial score (nSPS) is 11.4. The van der Waals surface area contributed by atoms with E-state index in [9.17, 15) is 0 Å². The van der Waals surface area contributed by atoms with Crippen LogP contribution in [-0.2, 0) is 4.43 Å². The van der Waals surface area contributed by atoms with Crippen LogP contribution in [0.5, 0.6) is 0 Å². The summed E-state index contributed by atoms with van der Waals surface area (Å²) in [6, 6.07) is 29.7. The summed E-state index contributed by atoms with van der Waals surface area (Å²) in [5, 5.41) is 3.78. The van der Waals surface area contributed by atoms with Crippen molar-refractivity contribution in [1.29, 1.82) is 0 Å². The van der Waals surface area contributed by atoms with Gasteiger partial charge in [0.15, 0.2) is 0 Å². The van der Waals surface area contributed by atoms with Gasteiger partial charge in [0.05, 0.1) is 0 Å². The monoisotopic (exact) mass is 352 g/mol. The summed E-state index contributed by atoms with van der Waals surface area (Å²) in [7, 11) is -2.57. The predicted molar refractivity (Wildman–Crippen MR) is 105 cm³/mol. The molecule has 0 spiro atoms. The lowest BCUT2D eigenvalue weighted by molar-refractivity contribution is 0.350. The van der Waals surface area contributed by atoms with Crippen molar-refractivity contribution in [3.8, 4) is 0 Å². The highest BCUT2D eigenvalue weighted by Crippen LogP contribution is 2.12. The van der Waals surface area contributed by atoms with E-state index in [4.69, 9.17) is 16.0 Å². The molecule has 0 aliphatic carbocycles. The first-order chi connectivity index (χ1) is 11.8. The first-order valence-electron chi connectivity index (χ1n) is 8.16. The van der Waals surface area contributed by atoms with E-state index in [1.54, 1.807) is 0 Å². The predicted octanol–water partition coefficient (Wildman–Crippen LogP) is 3.22. The maximum absolute atomic E-state index is 6.62. The van der Waals surface area contributed by atoms with Crippen molar-refractivity contribution in [2.75, 3.05) is 12.5 Å². The second-order valence-corrected chi connectivity index (χ2v) is 9.49. The molecule has 0 heterocycles. The summed E-state index contributed by atoms with van der Waals surface area (Å²) in [6.07, 6.45) is 0. The second kappa shape index (κ2) is 7.80. The lowest BCUT2D eigenvalue weighted by Gasteiger charge is -2.34. The molecule has 0 aromatic heterocycles. The fraction of sp³-hybridized carbons (Fsp3) is 0.143. The number of halogens is 1. The van der Waals surface area contributed by atoms with Gasteiger partial charge in [0.25, 0.3) is 8.32 Å². The summed E-state index contributed by atoms with van der Waals surface area (Å²) in [5.41, 5.74) is 1.26. The van der Waals surface area contributed by atoms with Gasteiger partial charge in [-0.15, -0.1) is 11.6 Å². The van der Waals surface area contributed by atoms with Crippen LogP contribution in [0.2, 0.25) is 0 Å². The van der Waals surface area contributed by atoms with Crippen molar-refractivity contribution >= 4 is 35.5 Å². The van der Waals surface area contributed by atoms with Crippen LogP contribution in [0.25, 0.3) is 0 Å². The molecule has 0 fully saturated rings. The Morgan fingerprint density at radius 3 is 1.75 bits per heavy atom. The van der Waals surface area contributed by atoms with Crippen LogP contribution in [0.1, 0.15) is 5.56 Å². The van der Waals surface area contributed by atoms with Gasteiger partial charge >= 0.3 is 0 Å². The first-order valence-corrected chi connectivity index (χ1v) is 10.6. The van der Waals surface area contributed by atoms with Crippen molar-refractivity contribution in [2.45, 2.75) is 6.92 Å². The maximum atomic E-state index is 6.62. The van der Waals surface area contributed by atoms with Gasteiger partial charge < -0.3 is 4.43 Å². The largest absolute Gasteiger partial charge is 0.403 e. The second-order valence-electron chi connectivity index (χ2n) is 5.77. The first kappa shape index (κ1) is 17.0. The minimum atomic E-state index is -2.57. The SMILES string of the molecule is Cc1ccccc1[Si](OCCCl)(c1ccccc1)c1ccccc1. The third-order valence-electron chi connectivity index (χ3n) is 4.28. The Morgan fingerprint density at radius 1 is 0.750 bits per heavy atom. The number of hydrogen-bond donors (Lipinski definition) is 0. The molecule has 3 heteroatoms. The molecule has 0 saturated carbocycles. The average Bonchev–Trinajstić information content (AvgIpc) is 2.65. The Balaban J connectivity index is 2.31. The third kappa shape index (κ3) is 3.18. The van der Waals surface area contributed by atoms with Crippen molar-refractivity contribution in [3.63, 3.8) is 0 Å². The van der Waals surface area contributed by atoms with Crippen molar-refractivity contribution in [1.82, 2.24) is 0 Å². The van der Waals surface area contributed by atoms with E-state index >= 15 is 0 Å². The van der Waals surface area contributed by atoms with E-state index in [2.05, 4.69) is 79.7 Å². The van der Waals surface area contributed by atoms with Gasteiger partial charge in [-0.2, -0.15) is 0 Å². The van der Waals surface area contributed by atoms with E-state index in [1.165, 1.54) is 21.1 Å². The molecular formula is C21H21ClOSi. The number of hydrogen-bond acceptors (Lipinski definition) is 1. The van der Waals surface area contributed by atoms with E-state index < -0.39 is 8.32 Å². The molecule has 0 saturated heterocycles. The van der Waals surface area contributed by atoms with Gasteiger partial charge in [-0.25, -0.2) is 0 Å². The summed E-state index contributed by atoms with van der Waals surface area (Å²) in [6.45, 7) is 2.69. The molecule has 0 amide bonds. The fourth-order valence-corrected chi connectivity index (χ4v) is 7.58. The molecule has 0 unspecified atom stereocenters.